The zero-order valence-corrected chi connectivity index (χ0v) is 13.6. The van der Waals surface area contributed by atoms with E-state index in [1.54, 1.807) is 0 Å². The molecule has 1 N–H and O–H groups in total. The van der Waals surface area contributed by atoms with E-state index in [2.05, 4.69) is 33.4 Å². The Hall–Kier alpha value is -0.840. The van der Waals surface area contributed by atoms with Crippen molar-refractivity contribution in [2.24, 2.45) is 5.41 Å². The number of furan rings is 1. The van der Waals surface area contributed by atoms with E-state index in [9.17, 15) is 0 Å². The van der Waals surface area contributed by atoms with E-state index in [-0.39, 0.29) is 6.10 Å². The molecule has 4 rings (SSSR count). The molecule has 1 aliphatic heterocycles. The zero-order chi connectivity index (χ0) is 14.3. The Labute approximate surface area is 133 Å². The van der Waals surface area contributed by atoms with Gasteiger partial charge in [-0.25, -0.2) is 0 Å². The van der Waals surface area contributed by atoms with Gasteiger partial charge in [0.15, 0.2) is 0 Å². The summed E-state index contributed by atoms with van der Waals surface area (Å²) in [6.07, 6.45) is 5.29. The molecule has 2 fully saturated rings. The molecule has 0 amide bonds. The van der Waals surface area contributed by atoms with E-state index in [1.807, 2.05) is 12.1 Å². The van der Waals surface area contributed by atoms with Gasteiger partial charge in [0, 0.05) is 28.4 Å². The summed E-state index contributed by atoms with van der Waals surface area (Å²) < 4.78 is 13.3. The summed E-state index contributed by atoms with van der Waals surface area (Å²) in [7, 11) is 0. The summed E-state index contributed by atoms with van der Waals surface area (Å²) in [5.41, 5.74) is 1.29. The van der Waals surface area contributed by atoms with E-state index < -0.39 is 0 Å². The maximum Gasteiger partial charge on any atom is 0.135 e. The van der Waals surface area contributed by atoms with Gasteiger partial charge in [-0.3, -0.25) is 0 Å². The average molecular weight is 350 g/mol. The highest BCUT2D eigenvalue weighted by Gasteiger charge is 2.37. The molecule has 112 valence electrons. The quantitative estimate of drug-likeness (QED) is 0.827. The standard InChI is InChI=1S/C17H20BrNO2/c18-13-3-4-14-12(7-13)8-15(21-14)16-9-19-10-17(11-20-16)5-1-2-6-17/h3-4,7-8,16,19H,1-2,5-6,9-11H2. The topological polar surface area (TPSA) is 34.4 Å². The van der Waals surface area contributed by atoms with E-state index in [4.69, 9.17) is 9.15 Å². The van der Waals surface area contributed by atoms with Crippen molar-refractivity contribution in [2.75, 3.05) is 19.7 Å². The summed E-state index contributed by atoms with van der Waals surface area (Å²) in [6, 6.07) is 8.21. The number of benzene rings is 1. The molecule has 2 aliphatic rings. The third-order valence-electron chi connectivity index (χ3n) is 4.90. The highest BCUT2D eigenvalue weighted by atomic mass is 79.9. The Morgan fingerprint density at radius 3 is 2.90 bits per heavy atom. The van der Waals surface area contributed by atoms with Crippen molar-refractivity contribution >= 4 is 26.9 Å². The first-order valence-corrected chi connectivity index (χ1v) is 8.55. The molecule has 1 aromatic carbocycles. The number of ether oxygens (including phenoxy) is 1. The first-order valence-electron chi connectivity index (χ1n) is 7.76. The number of halogens is 1. The maximum absolute atomic E-state index is 6.22. The van der Waals surface area contributed by atoms with Gasteiger partial charge in [0.05, 0.1) is 6.61 Å². The van der Waals surface area contributed by atoms with Crippen LogP contribution in [0.5, 0.6) is 0 Å². The lowest BCUT2D eigenvalue weighted by molar-refractivity contribution is 0.00625. The molecule has 1 atom stereocenters. The predicted octanol–water partition coefficient (Wildman–Crippen LogP) is 4.42. The molecule has 2 aromatic rings. The molecule has 1 saturated carbocycles. The van der Waals surface area contributed by atoms with Crippen LogP contribution in [0.1, 0.15) is 37.5 Å². The van der Waals surface area contributed by atoms with Gasteiger partial charge in [0.1, 0.15) is 17.4 Å². The van der Waals surface area contributed by atoms with Crippen molar-refractivity contribution in [3.63, 3.8) is 0 Å². The second kappa shape index (κ2) is 5.41. The van der Waals surface area contributed by atoms with Crippen molar-refractivity contribution < 1.29 is 9.15 Å². The Morgan fingerprint density at radius 1 is 1.19 bits per heavy atom. The minimum absolute atomic E-state index is 0.0242. The Balaban J connectivity index is 1.57. The first kappa shape index (κ1) is 13.8. The first-order chi connectivity index (χ1) is 10.2. The van der Waals surface area contributed by atoms with Gasteiger partial charge in [-0.2, -0.15) is 0 Å². The van der Waals surface area contributed by atoms with Crippen LogP contribution < -0.4 is 5.32 Å². The Morgan fingerprint density at radius 2 is 2.05 bits per heavy atom. The molecule has 1 unspecified atom stereocenters. The number of rotatable bonds is 1. The van der Waals surface area contributed by atoms with Gasteiger partial charge in [-0.05, 0) is 37.1 Å². The van der Waals surface area contributed by atoms with Crippen LogP contribution in [-0.2, 0) is 4.74 Å². The minimum atomic E-state index is 0.0242. The molecule has 21 heavy (non-hydrogen) atoms. The van der Waals surface area contributed by atoms with Crippen molar-refractivity contribution in [2.45, 2.75) is 31.8 Å². The van der Waals surface area contributed by atoms with Crippen LogP contribution in [0.2, 0.25) is 0 Å². The lowest BCUT2D eigenvalue weighted by Crippen LogP contribution is -2.32. The molecule has 1 aromatic heterocycles. The van der Waals surface area contributed by atoms with E-state index in [0.29, 0.717) is 5.41 Å². The SMILES string of the molecule is Brc1ccc2oc(C3CNCC4(CCCC4)CO3)cc2c1. The van der Waals surface area contributed by atoms with E-state index >= 15 is 0 Å². The van der Waals surface area contributed by atoms with Gasteiger partial charge in [0.25, 0.3) is 0 Å². The van der Waals surface area contributed by atoms with Crippen molar-refractivity contribution in [1.29, 1.82) is 0 Å². The van der Waals surface area contributed by atoms with Crippen molar-refractivity contribution in [1.82, 2.24) is 5.32 Å². The Kier molecular flexibility index (Phi) is 3.56. The normalized spacial score (nSPS) is 25.5. The number of hydrogen-bond acceptors (Lipinski definition) is 3. The third kappa shape index (κ3) is 2.65. The fourth-order valence-electron chi connectivity index (χ4n) is 3.68. The van der Waals surface area contributed by atoms with Crippen molar-refractivity contribution in [3.8, 4) is 0 Å². The van der Waals surface area contributed by atoms with Crippen molar-refractivity contribution in [3.05, 3.63) is 34.5 Å². The highest BCUT2D eigenvalue weighted by molar-refractivity contribution is 9.10. The molecular formula is C17H20BrNO2. The summed E-state index contributed by atoms with van der Waals surface area (Å²) >= 11 is 3.51. The molecule has 1 aliphatic carbocycles. The second-order valence-electron chi connectivity index (χ2n) is 6.47. The zero-order valence-electron chi connectivity index (χ0n) is 12.0. The van der Waals surface area contributed by atoms with Gasteiger partial charge in [-0.1, -0.05) is 28.8 Å². The van der Waals surface area contributed by atoms with Gasteiger partial charge < -0.3 is 14.5 Å². The van der Waals surface area contributed by atoms with E-state index in [0.717, 1.165) is 40.9 Å². The van der Waals surface area contributed by atoms with Crippen LogP contribution in [0, 0.1) is 5.41 Å². The van der Waals surface area contributed by atoms with E-state index in [1.165, 1.54) is 25.7 Å². The fourth-order valence-corrected chi connectivity index (χ4v) is 4.06. The van der Waals surface area contributed by atoms with Crippen LogP contribution in [0.3, 0.4) is 0 Å². The molecule has 1 spiro atoms. The molecule has 1 saturated heterocycles. The average Bonchev–Trinajstić information content (AvgIpc) is 3.03. The molecular weight excluding hydrogens is 330 g/mol. The lowest BCUT2D eigenvalue weighted by Gasteiger charge is -2.26. The molecule has 0 bridgehead atoms. The van der Waals surface area contributed by atoms with Gasteiger partial charge >= 0.3 is 0 Å². The van der Waals surface area contributed by atoms with Crippen LogP contribution in [-0.4, -0.2) is 19.7 Å². The summed E-state index contributed by atoms with van der Waals surface area (Å²) in [4.78, 5) is 0. The Bertz CT molecular complexity index is 645. The number of fused-ring (bicyclic) bond motifs is 1. The fraction of sp³-hybridized carbons (Fsp3) is 0.529. The molecule has 4 heteroatoms. The maximum atomic E-state index is 6.22. The predicted molar refractivity (Wildman–Crippen MR) is 86.4 cm³/mol. The minimum Gasteiger partial charge on any atom is -0.458 e. The number of nitrogens with one attached hydrogen (secondary N) is 1. The largest absolute Gasteiger partial charge is 0.458 e. The molecule has 3 nitrogen and oxygen atoms in total. The second-order valence-corrected chi connectivity index (χ2v) is 7.38. The smallest absolute Gasteiger partial charge is 0.135 e. The van der Waals surface area contributed by atoms with Crippen LogP contribution in [0.4, 0.5) is 0 Å². The number of hydrogen-bond donors (Lipinski definition) is 1. The molecule has 2 heterocycles. The summed E-state index contributed by atoms with van der Waals surface area (Å²) in [5, 5.41) is 4.72. The van der Waals surface area contributed by atoms with Gasteiger partial charge in [-0.15, -0.1) is 0 Å². The molecule has 0 radical (unpaired) electrons. The highest BCUT2D eigenvalue weighted by Crippen LogP contribution is 2.40. The monoisotopic (exact) mass is 349 g/mol. The third-order valence-corrected chi connectivity index (χ3v) is 5.39. The van der Waals surface area contributed by atoms with Crippen LogP contribution in [0.15, 0.2) is 33.2 Å². The summed E-state index contributed by atoms with van der Waals surface area (Å²) in [5.74, 6) is 0.936. The summed E-state index contributed by atoms with van der Waals surface area (Å²) in [6.45, 7) is 2.77. The van der Waals surface area contributed by atoms with Crippen LogP contribution >= 0.6 is 15.9 Å². The van der Waals surface area contributed by atoms with Crippen LogP contribution in [0.25, 0.3) is 11.0 Å². The lowest BCUT2D eigenvalue weighted by atomic mass is 9.87. The van der Waals surface area contributed by atoms with Gasteiger partial charge in [0.2, 0.25) is 0 Å².